The van der Waals surface area contributed by atoms with Crippen LogP contribution in [-0.4, -0.2) is 29.3 Å². The highest BCUT2D eigenvalue weighted by Gasteiger charge is 2.43. The summed E-state index contributed by atoms with van der Waals surface area (Å²) in [6.45, 7) is 0.702. The van der Waals surface area contributed by atoms with Crippen molar-refractivity contribution in [2.45, 2.75) is 12.8 Å². The number of nitrogens with zero attached hydrogens (tertiary/aromatic N) is 1. The molecule has 24 heavy (non-hydrogen) atoms. The number of carbonyl (C=O) groups is 1. The number of ether oxygens (including phenoxy) is 1. The van der Waals surface area contributed by atoms with Gasteiger partial charge in [-0.05, 0) is 36.6 Å². The second-order valence-corrected chi connectivity index (χ2v) is 6.40. The minimum absolute atomic E-state index is 0.178. The molecule has 3 rings (SSSR count). The van der Waals surface area contributed by atoms with E-state index in [4.69, 9.17) is 21.4 Å². The van der Waals surface area contributed by atoms with Crippen molar-refractivity contribution < 1.29 is 19.0 Å². The lowest BCUT2D eigenvalue weighted by atomic mass is 10.1. The zero-order chi connectivity index (χ0) is 17.2. The predicted octanol–water partition coefficient (Wildman–Crippen LogP) is 3.97. The Morgan fingerprint density at radius 2 is 2.21 bits per heavy atom. The average molecular weight is 351 g/mol. The molecule has 1 aliphatic rings. The van der Waals surface area contributed by atoms with E-state index in [2.05, 4.69) is 10.3 Å². The first-order chi connectivity index (χ1) is 11.5. The first-order valence-electron chi connectivity index (χ1n) is 7.49. The van der Waals surface area contributed by atoms with Crippen LogP contribution in [0.1, 0.15) is 12.8 Å². The molecule has 2 aromatic rings. The first kappa shape index (κ1) is 16.5. The Balaban J connectivity index is 1.71. The van der Waals surface area contributed by atoms with E-state index in [1.54, 1.807) is 30.3 Å². The first-order valence-corrected chi connectivity index (χ1v) is 7.86. The van der Waals surface area contributed by atoms with Crippen molar-refractivity contribution in [2.24, 2.45) is 5.41 Å². The van der Waals surface area contributed by atoms with Crippen LogP contribution in [-0.2, 0) is 0 Å². The number of benzene rings is 1. The van der Waals surface area contributed by atoms with Gasteiger partial charge in [-0.25, -0.2) is 9.78 Å². The summed E-state index contributed by atoms with van der Waals surface area (Å²) < 4.78 is 19.7. The number of amides is 1. The molecule has 2 N–H and O–H groups in total. The summed E-state index contributed by atoms with van der Waals surface area (Å²) in [4.78, 5) is 14.3. The molecule has 0 spiro atoms. The normalized spacial score (nSPS) is 14.9. The summed E-state index contributed by atoms with van der Waals surface area (Å²) in [6, 6.07) is 8.43. The van der Waals surface area contributed by atoms with Gasteiger partial charge in [-0.15, -0.1) is 0 Å². The average Bonchev–Trinajstić information content (AvgIpc) is 3.33. The summed E-state index contributed by atoms with van der Waals surface area (Å²) in [5, 5.41) is 11.6. The van der Waals surface area contributed by atoms with Crippen LogP contribution in [0.5, 0.6) is 5.75 Å². The minimum atomic E-state index is -1.05. The van der Waals surface area contributed by atoms with E-state index in [0.717, 1.165) is 12.8 Å². The van der Waals surface area contributed by atoms with Gasteiger partial charge >= 0.3 is 6.09 Å². The van der Waals surface area contributed by atoms with Crippen molar-refractivity contribution in [3.05, 3.63) is 47.5 Å². The van der Waals surface area contributed by atoms with Crippen molar-refractivity contribution in [3.8, 4) is 16.9 Å². The van der Waals surface area contributed by atoms with Crippen LogP contribution in [0.15, 0.2) is 36.5 Å². The van der Waals surface area contributed by atoms with Gasteiger partial charge in [0.2, 0.25) is 5.95 Å². The Hall–Kier alpha value is -2.34. The maximum Gasteiger partial charge on any atom is 0.404 e. The number of pyridine rings is 1. The molecule has 1 amide bonds. The van der Waals surface area contributed by atoms with E-state index in [1.165, 1.54) is 6.20 Å². The summed E-state index contributed by atoms with van der Waals surface area (Å²) in [5.41, 5.74) is 0.748. The van der Waals surface area contributed by atoms with Gasteiger partial charge in [-0.2, -0.15) is 4.39 Å². The van der Waals surface area contributed by atoms with E-state index in [9.17, 15) is 9.18 Å². The van der Waals surface area contributed by atoms with Gasteiger partial charge in [0.05, 0.1) is 12.8 Å². The van der Waals surface area contributed by atoms with Crippen molar-refractivity contribution in [3.63, 3.8) is 0 Å². The topological polar surface area (TPSA) is 71.5 Å². The second kappa shape index (κ2) is 6.65. The highest BCUT2D eigenvalue weighted by atomic mass is 35.5. The van der Waals surface area contributed by atoms with E-state index in [-0.39, 0.29) is 5.41 Å². The lowest BCUT2D eigenvalue weighted by molar-refractivity contribution is 0.184. The molecule has 1 aromatic heterocycles. The number of hydrogen-bond donors (Lipinski definition) is 2. The molecule has 1 fully saturated rings. The molecule has 1 saturated carbocycles. The minimum Gasteiger partial charge on any atom is -0.491 e. The number of rotatable bonds is 6. The monoisotopic (exact) mass is 350 g/mol. The fourth-order valence-corrected chi connectivity index (χ4v) is 2.61. The van der Waals surface area contributed by atoms with E-state index < -0.39 is 12.0 Å². The largest absolute Gasteiger partial charge is 0.491 e. The third-order valence-corrected chi connectivity index (χ3v) is 4.30. The third-order valence-electron chi connectivity index (χ3n) is 4.07. The fraction of sp³-hybridized carbons (Fsp3) is 0.294. The Morgan fingerprint density at radius 1 is 1.42 bits per heavy atom. The van der Waals surface area contributed by atoms with Crippen LogP contribution in [0.4, 0.5) is 9.18 Å². The number of nitrogens with one attached hydrogen (secondary N) is 1. The van der Waals surface area contributed by atoms with Gasteiger partial charge in [-0.3, -0.25) is 0 Å². The predicted molar refractivity (Wildman–Crippen MR) is 87.8 cm³/mol. The summed E-state index contributed by atoms with van der Waals surface area (Å²) in [6.07, 6.45) is 2.06. The highest BCUT2D eigenvalue weighted by Crippen LogP contribution is 2.45. The standard InChI is InChI=1S/C17H16ClFN2O3/c18-12-3-1-2-11(6-12)14-7-13(8-20-15(14)19)24-10-17(4-5-17)9-21-16(22)23/h1-3,6-8,21H,4-5,9-10H2,(H,22,23). The molecule has 0 bridgehead atoms. The number of hydrogen-bond acceptors (Lipinski definition) is 3. The van der Waals surface area contributed by atoms with Gasteiger partial charge < -0.3 is 15.2 Å². The second-order valence-electron chi connectivity index (χ2n) is 5.97. The molecule has 1 aromatic carbocycles. The lowest BCUT2D eigenvalue weighted by Crippen LogP contribution is -2.31. The third kappa shape index (κ3) is 3.94. The van der Waals surface area contributed by atoms with Crippen LogP contribution in [0.2, 0.25) is 5.02 Å². The summed E-state index contributed by atoms with van der Waals surface area (Å²) in [5.74, 6) is -0.161. The molecule has 0 aliphatic heterocycles. The van der Waals surface area contributed by atoms with Crippen LogP contribution in [0.25, 0.3) is 11.1 Å². The Labute approximate surface area is 143 Å². The quantitative estimate of drug-likeness (QED) is 0.773. The highest BCUT2D eigenvalue weighted by molar-refractivity contribution is 6.30. The molecule has 0 radical (unpaired) electrons. The van der Waals surface area contributed by atoms with Crippen molar-refractivity contribution >= 4 is 17.7 Å². The molecule has 0 unspecified atom stereocenters. The molecule has 0 atom stereocenters. The van der Waals surface area contributed by atoms with Crippen LogP contribution in [0, 0.1) is 11.4 Å². The van der Waals surface area contributed by atoms with Crippen LogP contribution < -0.4 is 10.1 Å². The lowest BCUT2D eigenvalue weighted by Gasteiger charge is -2.16. The Kier molecular flexibility index (Phi) is 4.57. The summed E-state index contributed by atoms with van der Waals surface area (Å²) >= 11 is 5.95. The fourth-order valence-electron chi connectivity index (χ4n) is 2.41. The summed E-state index contributed by atoms with van der Waals surface area (Å²) in [7, 11) is 0. The smallest absolute Gasteiger partial charge is 0.404 e. The molecular formula is C17H16ClFN2O3. The molecule has 1 aliphatic carbocycles. The van der Waals surface area contributed by atoms with Crippen LogP contribution >= 0.6 is 11.6 Å². The van der Waals surface area contributed by atoms with Crippen molar-refractivity contribution in [1.29, 1.82) is 0 Å². The SMILES string of the molecule is O=C(O)NCC1(COc2cnc(F)c(-c3cccc(Cl)c3)c2)CC1. The van der Waals surface area contributed by atoms with E-state index in [1.807, 2.05) is 0 Å². The van der Waals surface area contributed by atoms with Gasteiger partial charge in [0.25, 0.3) is 0 Å². The van der Waals surface area contributed by atoms with Gasteiger partial charge in [0.15, 0.2) is 0 Å². The molecule has 0 saturated heterocycles. The molecule has 7 heteroatoms. The number of aromatic nitrogens is 1. The maximum absolute atomic E-state index is 14.0. The number of halogens is 2. The van der Waals surface area contributed by atoms with E-state index >= 15 is 0 Å². The van der Waals surface area contributed by atoms with Crippen molar-refractivity contribution in [1.82, 2.24) is 10.3 Å². The molecule has 126 valence electrons. The van der Waals surface area contributed by atoms with Gasteiger partial charge in [0.1, 0.15) is 5.75 Å². The van der Waals surface area contributed by atoms with E-state index in [0.29, 0.717) is 35.1 Å². The Bertz CT molecular complexity index is 765. The maximum atomic E-state index is 14.0. The Morgan fingerprint density at radius 3 is 2.88 bits per heavy atom. The van der Waals surface area contributed by atoms with Gasteiger partial charge in [-0.1, -0.05) is 23.7 Å². The molecule has 1 heterocycles. The zero-order valence-electron chi connectivity index (χ0n) is 12.8. The van der Waals surface area contributed by atoms with Gasteiger partial charge in [0, 0.05) is 22.5 Å². The zero-order valence-corrected chi connectivity index (χ0v) is 13.5. The van der Waals surface area contributed by atoms with Crippen LogP contribution in [0.3, 0.4) is 0 Å². The molecule has 5 nitrogen and oxygen atoms in total. The molecular weight excluding hydrogens is 335 g/mol. The number of carboxylic acid groups (broad SMARTS) is 1. The van der Waals surface area contributed by atoms with Crippen molar-refractivity contribution in [2.75, 3.05) is 13.2 Å².